The second kappa shape index (κ2) is 7.62. The maximum atomic E-state index is 11.4. The second-order valence-corrected chi connectivity index (χ2v) is 6.30. The summed E-state index contributed by atoms with van der Waals surface area (Å²) in [6.45, 7) is 7.13. The number of morpholine rings is 1. The number of aromatic nitrogens is 3. The summed E-state index contributed by atoms with van der Waals surface area (Å²) in [7, 11) is 0. The smallest absolute Gasteiger partial charge is 0.253 e. The van der Waals surface area contributed by atoms with Crippen LogP contribution >= 0.6 is 11.3 Å². The van der Waals surface area contributed by atoms with Crippen LogP contribution in [0.1, 0.15) is 24.2 Å². The Hall–Kier alpha value is -2.45. The molecule has 8 heteroatoms. The molecule has 4 heterocycles. The van der Waals surface area contributed by atoms with Crippen molar-refractivity contribution in [3.63, 3.8) is 0 Å². The molecule has 1 saturated heterocycles. The minimum absolute atomic E-state index is 0.448. The standard InChI is InChI=1S/C15H15N5O2S.C2H6/c16-14(21)11-8-18-20-9-12(23-15(11)20)10-1-2-17-13(7-10)19-3-5-22-6-4-19;1-2/h1-2,7-9H,3-6H2,(H2,16,21);1-2H3. The number of anilines is 1. The molecule has 2 N–H and O–H groups in total. The van der Waals surface area contributed by atoms with Crippen LogP contribution in [-0.4, -0.2) is 46.8 Å². The van der Waals surface area contributed by atoms with Gasteiger partial charge in [0.2, 0.25) is 0 Å². The van der Waals surface area contributed by atoms with Crippen molar-refractivity contribution >= 4 is 27.9 Å². The Morgan fingerprint density at radius 2 is 2.08 bits per heavy atom. The van der Waals surface area contributed by atoms with Crippen LogP contribution in [0.5, 0.6) is 0 Å². The van der Waals surface area contributed by atoms with Gasteiger partial charge in [-0.1, -0.05) is 13.8 Å². The van der Waals surface area contributed by atoms with Crippen molar-refractivity contribution in [1.29, 1.82) is 0 Å². The molecule has 7 nitrogen and oxygen atoms in total. The third kappa shape index (κ3) is 3.49. The predicted molar refractivity (Wildman–Crippen MR) is 99.2 cm³/mol. The Labute approximate surface area is 150 Å². The topological polar surface area (TPSA) is 85.8 Å². The first-order chi connectivity index (χ1) is 12.2. The summed E-state index contributed by atoms with van der Waals surface area (Å²) in [6.07, 6.45) is 5.21. The van der Waals surface area contributed by atoms with Gasteiger partial charge in [0.1, 0.15) is 10.6 Å². The number of carbonyl (C=O) groups is 1. The lowest BCUT2D eigenvalue weighted by Crippen LogP contribution is -2.36. The zero-order valence-corrected chi connectivity index (χ0v) is 15.1. The molecule has 0 spiro atoms. The van der Waals surface area contributed by atoms with Gasteiger partial charge in [0, 0.05) is 25.5 Å². The molecule has 0 saturated carbocycles. The van der Waals surface area contributed by atoms with Crippen molar-refractivity contribution in [3.8, 4) is 10.4 Å². The average Bonchev–Trinajstić information content (AvgIpc) is 3.25. The summed E-state index contributed by atoms with van der Waals surface area (Å²) in [5.41, 5.74) is 6.88. The van der Waals surface area contributed by atoms with Crippen LogP contribution in [0.3, 0.4) is 0 Å². The number of nitrogens with zero attached hydrogens (tertiary/aromatic N) is 4. The van der Waals surface area contributed by atoms with Crippen molar-refractivity contribution in [2.45, 2.75) is 13.8 Å². The van der Waals surface area contributed by atoms with E-state index in [4.69, 9.17) is 10.5 Å². The fourth-order valence-corrected chi connectivity index (χ4v) is 3.69. The number of pyridine rings is 1. The van der Waals surface area contributed by atoms with E-state index in [1.165, 1.54) is 17.5 Å². The number of nitrogens with two attached hydrogens (primary N) is 1. The lowest BCUT2D eigenvalue weighted by atomic mass is 10.2. The monoisotopic (exact) mass is 359 g/mol. The molecule has 0 aliphatic carbocycles. The largest absolute Gasteiger partial charge is 0.378 e. The van der Waals surface area contributed by atoms with E-state index < -0.39 is 5.91 Å². The van der Waals surface area contributed by atoms with Crippen molar-refractivity contribution in [1.82, 2.24) is 14.6 Å². The first kappa shape index (κ1) is 17.4. The van der Waals surface area contributed by atoms with Crippen LogP contribution in [0.2, 0.25) is 0 Å². The third-order valence-corrected chi connectivity index (χ3v) is 4.99. The first-order valence-electron chi connectivity index (χ1n) is 8.28. The molecule has 1 amide bonds. The van der Waals surface area contributed by atoms with Crippen LogP contribution in [0.4, 0.5) is 5.82 Å². The van der Waals surface area contributed by atoms with Gasteiger partial charge >= 0.3 is 0 Å². The number of hydrogen-bond donors (Lipinski definition) is 1. The number of thiazole rings is 1. The van der Waals surface area contributed by atoms with E-state index in [2.05, 4.69) is 21.0 Å². The van der Waals surface area contributed by atoms with Crippen molar-refractivity contribution in [3.05, 3.63) is 36.3 Å². The Balaban J connectivity index is 0.000000880. The maximum Gasteiger partial charge on any atom is 0.253 e. The van der Waals surface area contributed by atoms with Gasteiger partial charge in [0.05, 0.1) is 29.9 Å². The van der Waals surface area contributed by atoms with Crippen LogP contribution < -0.4 is 10.6 Å². The fraction of sp³-hybridized carbons (Fsp3) is 0.353. The molecule has 0 atom stereocenters. The van der Waals surface area contributed by atoms with Gasteiger partial charge < -0.3 is 15.4 Å². The van der Waals surface area contributed by atoms with Gasteiger partial charge in [-0.3, -0.25) is 4.79 Å². The van der Waals surface area contributed by atoms with Gasteiger partial charge in [-0.2, -0.15) is 5.10 Å². The van der Waals surface area contributed by atoms with Gasteiger partial charge in [-0.05, 0) is 17.7 Å². The SMILES string of the molecule is CC.NC(=O)c1cnn2cc(-c3ccnc(N4CCOCC4)c3)sc12. The normalized spacial score (nSPS) is 14.2. The number of hydrogen-bond acceptors (Lipinski definition) is 6. The first-order valence-corrected chi connectivity index (χ1v) is 9.10. The molecule has 132 valence electrons. The van der Waals surface area contributed by atoms with Crippen LogP contribution in [0.25, 0.3) is 15.3 Å². The van der Waals surface area contributed by atoms with Crippen LogP contribution in [0.15, 0.2) is 30.7 Å². The van der Waals surface area contributed by atoms with Crippen molar-refractivity contribution < 1.29 is 9.53 Å². The Kier molecular flexibility index (Phi) is 5.30. The molecule has 3 aromatic rings. The highest BCUT2D eigenvalue weighted by Gasteiger charge is 2.16. The number of carbonyl (C=O) groups excluding carboxylic acids is 1. The quantitative estimate of drug-likeness (QED) is 0.776. The van der Waals surface area contributed by atoms with Gasteiger partial charge in [0.25, 0.3) is 5.91 Å². The molecule has 0 radical (unpaired) electrons. The number of rotatable bonds is 3. The molecule has 25 heavy (non-hydrogen) atoms. The lowest BCUT2D eigenvalue weighted by molar-refractivity contribution is 0.100. The molecular weight excluding hydrogens is 338 g/mol. The molecule has 3 aromatic heterocycles. The van der Waals surface area contributed by atoms with Gasteiger partial charge in [-0.25, -0.2) is 9.50 Å². The molecule has 0 aromatic carbocycles. The van der Waals surface area contributed by atoms with Crippen LogP contribution in [-0.2, 0) is 4.74 Å². The van der Waals surface area contributed by atoms with Crippen molar-refractivity contribution in [2.24, 2.45) is 5.73 Å². The average molecular weight is 359 g/mol. The summed E-state index contributed by atoms with van der Waals surface area (Å²) in [4.78, 5) is 19.9. The number of ether oxygens (including phenoxy) is 1. The van der Waals surface area contributed by atoms with E-state index in [9.17, 15) is 4.79 Å². The summed E-state index contributed by atoms with van der Waals surface area (Å²) < 4.78 is 7.07. The van der Waals surface area contributed by atoms with Crippen molar-refractivity contribution in [2.75, 3.05) is 31.2 Å². The number of amides is 1. The predicted octanol–water partition coefficient (Wildman–Crippen LogP) is 2.42. The van der Waals surface area contributed by atoms with E-state index >= 15 is 0 Å². The highest BCUT2D eigenvalue weighted by atomic mass is 32.1. The summed E-state index contributed by atoms with van der Waals surface area (Å²) in [5, 5.41) is 4.18. The summed E-state index contributed by atoms with van der Waals surface area (Å²) in [6, 6.07) is 4.01. The number of fused-ring (bicyclic) bond motifs is 1. The number of primary amides is 1. The van der Waals surface area contributed by atoms with E-state index in [0.717, 1.165) is 47.4 Å². The Morgan fingerprint density at radius 1 is 1.32 bits per heavy atom. The molecule has 1 fully saturated rings. The molecule has 1 aliphatic heterocycles. The molecular formula is C17H21N5O2S. The maximum absolute atomic E-state index is 11.4. The Morgan fingerprint density at radius 3 is 2.80 bits per heavy atom. The van der Waals surface area contributed by atoms with Gasteiger partial charge in [0.15, 0.2) is 0 Å². The minimum atomic E-state index is -0.461. The second-order valence-electron chi connectivity index (χ2n) is 5.27. The van der Waals surface area contributed by atoms with Gasteiger partial charge in [-0.15, -0.1) is 11.3 Å². The van der Waals surface area contributed by atoms with E-state index in [0.29, 0.717) is 5.56 Å². The highest BCUT2D eigenvalue weighted by Crippen LogP contribution is 2.31. The third-order valence-electron chi connectivity index (χ3n) is 3.83. The zero-order valence-electron chi connectivity index (χ0n) is 14.3. The fourth-order valence-electron chi connectivity index (χ4n) is 2.63. The zero-order chi connectivity index (χ0) is 17.8. The minimum Gasteiger partial charge on any atom is -0.378 e. The lowest BCUT2D eigenvalue weighted by Gasteiger charge is -2.27. The molecule has 1 aliphatic rings. The summed E-state index contributed by atoms with van der Waals surface area (Å²) in [5.74, 6) is 0.476. The molecule has 0 unspecified atom stereocenters. The van der Waals surface area contributed by atoms with E-state index in [1.54, 1.807) is 10.7 Å². The Bertz CT molecular complexity index is 867. The molecule has 0 bridgehead atoms. The van der Waals surface area contributed by atoms with Crippen LogP contribution in [0, 0.1) is 0 Å². The molecule has 4 rings (SSSR count). The van der Waals surface area contributed by atoms with E-state index in [1.807, 2.05) is 26.1 Å². The highest BCUT2D eigenvalue weighted by molar-refractivity contribution is 7.21. The summed E-state index contributed by atoms with van der Waals surface area (Å²) >= 11 is 1.50. The van der Waals surface area contributed by atoms with E-state index in [-0.39, 0.29) is 0 Å².